The SMILES string of the molecule is COC(=O)Nc1ccc2c(c1)N[C@@H](C(=O)O)CCCC[C@H](NC(=O)C=Cc1cc(Cl)ccc1-n1cnnn1)c1nc-2c(C#N)[nH]1. The van der Waals surface area contributed by atoms with Crippen LogP contribution in [0.3, 0.4) is 0 Å². The van der Waals surface area contributed by atoms with Crippen LogP contribution in [0.25, 0.3) is 23.0 Å². The fraction of sp³-hybridized carbons (Fsp3) is 0.241. The van der Waals surface area contributed by atoms with Gasteiger partial charge in [-0.15, -0.1) is 5.10 Å². The van der Waals surface area contributed by atoms with Crippen molar-refractivity contribution in [1.29, 1.82) is 5.26 Å². The minimum Gasteiger partial charge on any atom is -0.480 e. The highest BCUT2D eigenvalue weighted by atomic mass is 35.5. The quantitative estimate of drug-likeness (QED) is 0.191. The Bertz CT molecular complexity index is 1800. The average Bonchev–Trinajstić information content (AvgIpc) is 3.71. The molecule has 1 aliphatic rings. The average molecular weight is 631 g/mol. The minimum absolute atomic E-state index is 0.118. The molecule has 0 saturated carbocycles. The zero-order valence-electron chi connectivity index (χ0n) is 23.8. The van der Waals surface area contributed by atoms with Gasteiger partial charge in [0, 0.05) is 33.6 Å². The second-order valence-electron chi connectivity index (χ2n) is 10.0. The van der Waals surface area contributed by atoms with Gasteiger partial charge in [-0.05, 0) is 65.7 Å². The van der Waals surface area contributed by atoms with Gasteiger partial charge in [0.1, 0.15) is 35.7 Å². The Morgan fingerprint density at radius 3 is 2.76 bits per heavy atom. The summed E-state index contributed by atoms with van der Waals surface area (Å²) in [6, 6.07) is 10.3. The molecule has 5 N–H and O–H groups in total. The van der Waals surface area contributed by atoms with Gasteiger partial charge in [0.05, 0.1) is 18.8 Å². The van der Waals surface area contributed by atoms with Crippen molar-refractivity contribution in [2.75, 3.05) is 17.7 Å². The van der Waals surface area contributed by atoms with Crippen LogP contribution in [-0.4, -0.2) is 66.4 Å². The van der Waals surface area contributed by atoms with Crippen LogP contribution in [0.4, 0.5) is 16.2 Å². The highest BCUT2D eigenvalue weighted by Crippen LogP contribution is 2.35. The molecule has 230 valence electrons. The van der Waals surface area contributed by atoms with Gasteiger partial charge in [-0.25, -0.2) is 14.6 Å². The molecule has 16 heteroatoms. The molecule has 4 aromatic rings. The summed E-state index contributed by atoms with van der Waals surface area (Å²) in [6.45, 7) is 0. The van der Waals surface area contributed by atoms with Crippen molar-refractivity contribution in [2.45, 2.75) is 37.8 Å². The second kappa shape index (κ2) is 13.7. The number of rotatable bonds is 6. The number of anilines is 2. The van der Waals surface area contributed by atoms with Gasteiger partial charge in [-0.1, -0.05) is 24.4 Å². The molecular formula is C29H27ClN10O5. The Hall–Kier alpha value is -5.75. The molecule has 0 spiro atoms. The molecule has 2 aromatic heterocycles. The molecule has 0 radical (unpaired) electrons. The minimum atomic E-state index is -1.07. The number of aliphatic carboxylic acids is 1. The molecule has 3 heterocycles. The number of carbonyl (C=O) groups excluding carboxylic acids is 2. The first-order valence-corrected chi connectivity index (χ1v) is 14.1. The van der Waals surface area contributed by atoms with Crippen molar-refractivity contribution in [3.8, 4) is 23.0 Å². The van der Waals surface area contributed by atoms with Gasteiger partial charge < -0.3 is 25.5 Å². The van der Waals surface area contributed by atoms with Crippen molar-refractivity contribution in [2.24, 2.45) is 0 Å². The second-order valence-corrected chi connectivity index (χ2v) is 10.4. The van der Waals surface area contributed by atoms with Gasteiger partial charge in [0.15, 0.2) is 0 Å². The lowest BCUT2D eigenvalue weighted by Gasteiger charge is -2.21. The molecule has 0 saturated heterocycles. The fourth-order valence-corrected chi connectivity index (χ4v) is 5.07. The molecule has 0 fully saturated rings. The van der Waals surface area contributed by atoms with E-state index in [1.54, 1.807) is 42.5 Å². The van der Waals surface area contributed by atoms with Crippen molar-refractivity contribution < 1.29 is 24.2 Å². The normalized spacial score (nSPS) is 16.3. The Morgan fingerprint density at radius 1 is 1.20 bits per heavy atom. The van der Waals surface area contributed by atoms with E-state index in [4.69, 9.17) is 11.6 Å². The number of imidazole rings is 1. The maximum Gasteiger partial charge on any atom is 0.411 e. The molecule has 45 heavy (non-hydrogen) atoms. The van der Waals surface area contributed by atoms with Gasteiger partial charge in [0.2, 0.25) is 5.91 Å². The first-order chi connectivity index (χ1) is 21.7. The lowest BCUT2D eigenvalue weighted by atomic mass is 10.0. The summed E-state index contributed by atoms with van der Waals surface area (Å²) >= 11 is 6.19. The number of amides is 2. The lowest BCUT2D eigenvalue weighted by molar-refractivity contribution is -0.138. The number of nitriles is 1. The van der Waals surface area contributed by atoms with Crippen LogP contribution in [0.1, 0.15) is 48.8 Å². The van der Waals surface area contributed by atoms with E-state index < -0.39 is 30.1 Å². The standard InChI is InChI=1S/C29H27ClN10O5/c1-45-29(44)33-18-8-9-19-22(13-18)34-21(28(42)43)5-3-2-4-20(27-36-23(14-31)26(19)37-27)35-25(41)11-6-16-12-17(30)7-10-24(16)40-15-32-38-39-40/h6-13,15,20-21,34H,2-5H2,1H3,(H,33,44)(H,35,41)(H,36,37)(H,42,43)/t20-,21+/m0/s1. The Labute approximate surface area is 261 Å². The fourth-order valence-electron chi connectivity index (χ4n) is 4.89. The summed E-state index contributed by atoms with van der Waals surface area (Å²) in [5.41, 5.74) is 2.70. The summed E-state index contributed by atoms with van der Waals surface area (Å²) in [5, 5.41) is 40.1. The number of benzene rings is 2. The number of H-pyrrole nitrogens is 1. The number of carbonyl (C=O) groups is 3. The van der Waals surface area contributed by atoms with Crippen LogP contribution in [0.2, 0.25) is 5.02 Å². The zero-order valence-corrected chi connectivity index (χ0v) is 24.6. The number of hydrogen-bond acceptors (Lipinski definition) is 10. The van der Waals surface area contributed by atoms with Gasteiger partial charge in [0.25, 0.3) is 0 Å². The summed E-state index contributed by atoms with van der Waals surface area (Å²) in [7, 11) is 1.22. The predicted molar refractivity (Wildman–Crippen MR) is 162 cm³/mol. The van der Waals surface area contributed by atoms with E-state index in [0.717, 1.165) is 0 Å². The number of halogens is 1. The molecule has 2 bridgehead atoms. The Kier molecular flexibility index (Phi) is 9.34. The smallest absolute Gasteiger partial charge is 0.411 e. The zero-order chi connectivity index (χ0) is 31.9. The van der Waals surface area contributed by atoms with Crippen molar-refractivity contribution in [3.05, 3.63) is 70.9 Å². The number of methoxy groups -OCH3 is 1. The molecule has 0 aliphatic carbocycles. The highest BCUT2D eigenvalue weighted by Gasteiger charge is 2.26. The summed E-state index contributed by atoms with van der Waals surface area (Å²) in [5.74, 6) is -1.14. The number of carboxylic acid groups (broad SMARTS) is 1. The van der Waals surface area contributed by atoms with E-state index in [9.17, 15) is 24.8 Å². The Balaban J connectivity index is 1.47. The van der Waals surface area contributed by atoms with Gasteiger partial charge in [-0.2, -0.15) is 9.94 Å². The number of aromatic amines is 1. The maximum atomic E-state index is 13.2. The monoisotopic (exact) mass is 630 g/mol. The third-order valence-corrected chi connectivity index (χ3v) is 7.29. The topological polar surface area (TPSA) is 213 Å². The van der Waals surface area contributed by atoms with Crippen LogP contribution in [0.15, 0.2) is 48.8 Å². The van der Waals surface area contributed by atoms with Crippen LogP contribution < -0.4 is 16.0 Å². The van der Waals surface area contributed by atoms with E-state index in [-0.39, 0.29) is 17.8 Å². The first kappa shape index (κ1) is 30.7. The van der Waals surface area contributed by atoms with E-state index in [0.29, 0.717) is 58.3 Å². The van der Waals surface area contributed by atoms with Gasteiger partial charge in [-0.3, -0.25) is 10.1 Å². The lowest BCUT2D eigenvalue weighted by Crippen LogP contribution is -2.30. The molecule has 2 aromatic carbocycles. The molecule has 2 amide bonds. The summed E-state index contributed by atoms with van der Waals surface area (Å²) in [6.07, 6.45) is 5.42. The number of nitrogens with zero attached hydrogens (tertiary/aromatic N) is 6. The molecule has 2 atom stereocenters. The van der Waals surface area contributed by atoms with Crippen molar-refractivity contribution >= 4 is 47.0 Å². The van der Waals surface area contributed by atoms with Crippen LogP contribution in [0, 0.1) is 11.3 Å². The largest absolute Gasteiger partial charge is 0.480 e. The molecule has 0 unspecified atom stereocenters. The van der Waals surface area contributed by atoms with E-state index in [1.807, 2.05) is 0 Å². The number of fused-ring (bicyclic) bond motifs is 4. The Morgan fingerprint density at radius 2 is 2.02 bits per heavy atom. The molecular weight excluding hydrogens is 604 g/mol. The highest BCUT2D eigenvalue weighted by molar-refractivity contribution is 6.30. The molecule has 1 aliphatic heterocycles. The first-order valence-electron chi connectivity index (χ1n) is 13.8. The third-order valence-electron chi connectivity index (χ3n) is 7.05. The number of hydrogen-bond donors (Lipinski definition) is 5. The summed E-state index contributed by atoms with van der Waals surface area (Å²) < 4.78 is 6.11. The molecule has 15 nitrogen and oxygen atoms in total. The molecule has 5 rings (SSSR count). The number of ether oxygens (including phenoxy) is 1. The summed E-state index contributed by atoms with van der Waals surface area (Å²) in [4.78, 5) is 44.9. The van der Waals surface area contributed by atoms with Crippen molar-refractivity contribution in [3.63, 3.8) is 0 Å². The predicted octanol–water partition coefficient (Wildman–Crippen LogP) is 4.07. The van der Waals surface area contributed by atoms with E-state index >= 15 is 0 Å². The van der Waals surface area contributed by atoms with Crippen LogP contribution >= 0.6 is 11.6 Å². The third kappa shape index (κ3) is 7.25. The van der Waals surface area contributed by atoms with Gasteiger partial charge >= 0.3 is 12.1 Å². The van der Waals surface area contributed by atoms with E-state index in [2.05, 4.69) is 52.2 Å². The van der Waals surface area contributed by atoms with Crippen molar-refractivity contribution in [1.82, 2.24) is 35.5 Å². The number of carboxylic acids is 1. The number of tetrazole rings is 1. The number of nitrogens with one attached hydrogen (secondary N) is 4. The van der Waals surface area contributed by atoms with Crippen LogP contribution in [-0.2, 0) is 14.3 Å². The number of aromatic nitrogens is 6. The maximum absolute atomic E-state index is 13.2. The van der Waals surface area contributed by atoms with Crippen LogP contribution in [0.5, 0.6) is 0 Å². The van der Waals surface area contributed by atoms with E-state index in [1.165, 1.54) is 24.2 Å².